The Bertz CT molecular complexity index is 145. The van der Waals surface area contributed by atoms with Crippen LogP contribution in [0.1, 0.15) is 20.3 Å². The molecule has 0 saturated carbocycles. The number of hydrogen-bond acceptors (Lipinski definition) is 3. The minimum atomic E-state index is 0. The van der Waals surface area contributed by atoms with E-state index in [9.17, 15) is 4.79 Å². The van der Waals surface area contributed by atoms with E-state index < -0.39 is 0 Å². The summed E-state index contributed by atoms with van der Waals surface area (Å²) >= 11 is 1.69. The Hall–Kier alpha value is 0.0700. The largest absolute Gasteiger partial charge is 0.354 e. The summed E-state index contributed by atoms with van der Waals surface area (Å²) in [5.41, 5.74) is 5.25. The van der Waals surface area contributed by atoms with Crippen molar-refractivity contribution in [1.29, 1.82) is 0 Å². The lowest BCUT2D eigenvalue weighted by Gasteiger charge is -2.04. The average Bonchev–Trinajstić information content (AvgIpc) is 2.08. The molecular weight excluding hydrogens is 220 g/mol. The molecule has 0 heterocycles. The van der Waals surface area contributed by atoms with Crippen LogP contribution in [0.25, 0.3) is 0 Å². The van der Waals surface area contributed by atoms with Crippen LogP contribution in [0.3, 0.4) is 0 Å². The fourth-order valence-corrected chi connectivity index (χ4v) is 1.82. The maximum absolute atomic E-state index is 11.1. The van der Waals surface area contributed by atoms with E-state index in [-0.39, 0.29) is 18.3 Å². The fourth-order valence-electron chi connectivity index (χ4n) is 0.747. The Balaban J connectivity index is 0. The second-order valence-corrected chi connectivity index (χ2v) is 4.48. The number of thioether (sulfide) groups is 1. The van der Waals surface area contributed by atoms with Crippen LogP contribution in [0.2, 0.25) is 0 Å². The fraction of sp³-hybridized carbons (Fsp3) is 0.889. The van der Waals surface area contributed by atoms with Crippen LogP contribution in [0.5, 0.6) is 0 Å². The first-order valence-electron chi connectivity index (χ1n) is 4.71. The van der Waals surface area contributed by atoms with Crippen molar-refractivity contribution in [2.45, 2.75) is 20.3 Å². The van der Waals surface area contributed by atoms with Crippen molar-refractivity contribution >= 4 is 30.1 Å². The standard InChI is InChI=1S/C9H20N2OS.ClH/c1-8(2)3-6-13-7-9(12)11-5-4-10;/h8H,3-7,10H2,1-2H3,(H,11,12);1H. The van der Waals surface area contributed by atoms with Gasteiger partial charge in [-0.25, -0.2) is 0 Å². The van der Waals surface area contributed by atoms with E-state index >= 15 is 0 Å². The van der Waals surface area contributed by atoms with Crippen LogP contribution in [-0.4, -0.2) is 30.5 Å². The van der Waals surface area contributed by atoms with Gasteiger partial charge in [-0.15, -0.1) is 12.4 Å². The molecule has 86 valence electrons. The molecule has 0 aromatic carbocycles. The molecule has 0 aliphatic heterocycles. The SMILES string of the molecule is CC(C)CCSCC(=O)NCCN.Cl. The highest BCUT2D eigenvalue weighted by atomic mass is 35.5. The van der Waals surface area contributed by atoms with Crippen molar-refractivity contribution in [3.05, 3.63) is 0 Å². The molecule has 0 aromatic rings. The Labute approximate surface area is 97.0 Å². The molecule has 0 saturated heterocycles. The van der Waals surface area contributed by atoms with E-state index in [2.05, 4.69) is 19.2 Å². The molecule has 5 heteroatoms. The molecule has 0 fully saturated rings. The van der Waals surface area contributed by atoms with E-state index in [1.807, 2.05) is 0 Å². The number of amides is 1. The number of nitrogens with one attached hydrogen (secondary N) is 1. The molecule has 0 aromatic heterocycles. The van der Waals surface area contributed by atoms with Crippen LogP contribution >= 0.6 is 24.2 Å². The summed E-state index contributed by atoms with van der Waals surface area (Å²) in [6.07, 6.45) is 1.18. The van der Waals surface area contributed by atoms with Gasteiger partial charge in [-0.1, -0.05) is 13.8 Å². The summed E-state index contributed by atoms with van der Waals surface area (Å²) in [5, 5.41) is 2.74. The summed E-state index contributed by atoms with van der Waals surface area (Å²) in [6, 6.07) is 0. The van der Waals surface area contributed by atoms with Crippen LogP contribution in [-0.2, 0) is 4.79 Å². The van der Waals surface area contributed by atoms with Crippen LogP contribution in [0.15, 0.2) is 0 Å². The number of nitrogens with two attached hydrogens (primary N) is 1. The normalized spacial score (nSPS) is 9.71. The zero-order chi connectivity index (χ0) is 10.1. The highest BCUT2D eigenvalue weighted by Gasteiger charge is 2.00. The number of hydrogen-bond donors (Lipinski definition) is 2. The van der Waals surface area contributed by atoms with Gasteiger partial charge in [0.1, 0.15) is 0 Å². The minimum absolute atomic E-state index is 0. The van der Waals surface area contributed by atoms with Gasteiger partial charge in [-0.05, 0) is 18.1 Å². The Kier molecular flexibility index (Phi) is 13.1. The average molecular weight is 241 g/mol. The molecule has 0 radical (unpaired) electrons. The molecular formula is C9H21ClN2OS. The molecule has 0 rings (SSSR count). The zero-order valence-corrected chi connectivity index (χ0v) is 10.5. The highest BCUT2D eigenvalue weighted by Crippen LogP contribution is 2.07. The predicted octanol–water partition coefficient (Wildman–Crippen LogP) is 1.26. The zero-order valence-electron chi connectivity index (χ0n) is 8.91. The highest BCUT2D eigenvalue weighted by molar-refractivity contribution is 7.99. The van der Waals surface area contributed by atoms with Gasteiger partial charge < -0.3 is 11.1 Å². The van der Waals surface area contributed by atoms with Gasteiger partial charge in [-0.2, -0.15) is 11.8 Å². The third-order valence-corrected chi connectivity index (χ3v) is 2.53. The summed E-state index contributed by atoms with van der Waals surface area (Å²) in [4.78, 5) is 11.1. The van der Waals surface area contributed by atoms with E-state index in [4.69, 9.17) is 5.73 Å². The smallest absolute Gasteiger partial charge is 0.230 e. The lowest BCUT2D eigenvalue weighted by Crippen LogP contribution is -2.30. The van der Waals surface area contributed by atoms with Crippen molar-refractivity contribution in [2.75, 3.05) is 24.6 Å². The first-order chi connectivity index (χ1) is 6.16. The lowest BCUT2D eigenvalue weighted by atomic mass is 10.2. The Morgan fingerprint density at radius 2 is 2.14 bits per heavy atom. The first-order valence-corrected chi connectivity index (χ1v) is 5.86. The lowest BCUT2D eigenvalue weighted by molar-refractivity contribution is -0.118. The van der Waals surface area contributed by atoms with Crippen molar-refractivity contribution in [3.8, 4) is 0 Å². The van der Waals surface area contributed by atoms with Crippen LogP contribution in [0.4, 0.5) is 0 Å². The summed E-state index contributed by atoms with van der Waals surface area (Å²) in [6.45, 7) is 5.48. The Morgan fingerprint density at radius 3 is 2.64 bits per heavy atom. The summed E-state index contributed by atoms with van der Waals surface area (Å²) in [7, 11) is 0. The molecule has 1 amide bonds. The maximum Gasteiger partial charge on any atom is 0.230 e. The quantitative estimate of drug-likeness (QED) is 0.659. The monoisotopic (exact) mass is 240 g/mol. The summed E-state index contributed by atoms with van der Waals surface area (Å²) < 4.78 is 0. The molecule has 14 heavy (non-hydrogen) atoms. The molecule has 0 aliphatic rings. The Morgan fingerprint density at radius 1 is 1.50 bits per heavy atom. The van der Waals surface area contributed by atoms with Gasteiger partial charge >= 0.3 is 0 Å². The van der Waals surface area contributed by atoms with Crippen LogP contribution < -0.4 is 11.1 Å². The van der Waals surface area contributed by atoms with E-state index in [0.717, 1.165) is 11.7 Å². The molecule has 0 atom stereocenters. The molecule has 0 bridgehead atoms. The van der Waals surface area contributed by atoms with E-state index in [1.165, 1.54) is 6.42 Å². The third-order valence-electron chi connectivity index (χ3n) is 1.54. The second-order valence-electron chi connectivity index (χ2n) is 3.37. The predicted molar refractivity (Wildman–Crippen MR) is 66.1 cm³/mol. The van der Waals surface area contributed by atoms with Crippen molar-refractivity contribution in [3.63, 3.8) is 0 Å². The van der Waals surface area contributed by atoms with Gasteiger partial charge in [0, 0.05) is 13.1 Å². The van der Waals surface area contributed by atoms with Gasteiger partial charge in [-0.3, -0.25) is 4.79 Å². The third kappa shape index (κ3) is 12.1. The van der Waals surface area contributed by atoms with Gasteiger partial charge in [0.25, 0.3) is 0 Å². The maximum atomic E-state index is 11.1. The van der Waals surface area contributed by atoms with E-state index in [1.54, 1.807) is 11.8 Å². The number of carbonyl (C=O) groups is 1. The van der Waals surface area contributed by atoms with Gasteiger partial charge in [0.2, 0.25) is 5.91 Å². The number of rotatable bonds is 7. The molecule has 0 unspecified atom stereocenters. The minimum Gasteiger partial charge on any atom is -0.354 e. The first kappa shape index (κ1) is 16.5. The van der Waals surface area contributed by atoms with Crippen LogP contribution in [0, 0.1) is 5.92 Å². The van der Waals surface area contributed by atoms with Gasteiger partial charge in [0.05, 0.1) is 5.75 Å². The number of halogens is 1. The summed E-state index contributed by atoms with van der Waals surface area (Å²) in [5.74, 6) is 2.44. The van der Waals surface area contributed by atoms with Crippen molar-refractivity contribution in [1.82, 2.24) is 5.32 Å². The molecule has 3 N–H and O–H groups in total. The molecule has 0 aliphatic carbocycles. The topological polar surface area (TPSA) is 55.1 Å². The molecule has 0 spiro atoms. The van der Waals surface area contributed by atoms with Crippen molar-refractivity contribution in [2.24, 2.45) is 11.7 Å². The van der Waals surface area contributed by atoms with Crippen molar-refractivity contribution < 1.29 is 4.79 Å². The number of carbonyl (C=O) groups excluding carboxylic acids is 1. The second kappa shape index (κ2) is 11.1. The van der Waals surface area contributed by atoms with Gasteiger partial charge in [0.15, 0.2) is 0 Å². The molecule has 3 nitrogen and oxygen atoms in total. The van der Waals surface area contributed by atoms with E-state index in [0.29, 0.717) is 18.8 Å².